The first-order valence-corrected chi connectivity index (χ1v) is 14.0. The van der Waals surface area contributed by atoms with E-state index in [9.17, 15) is 14.4 Å². The van der Waals surface area contributed by atoms with E-state index in [0.29, 0.717) is 11.4 Å². The van der Waals surface area contributed by atoms with E-state index in [2.05, 4.69) is 10.6 Å². The minimum Gasteiger partial charge on any atom is -0.497 e. The van der Waals surface area contributed by atoms with Gasteiger partial charge in [-0.05, 0) is 37.8 Å². The number of likely N-dealkylation sites (tertiary alicyclic amines) is 1. The molecule has 1 aromatic carbocycles. The van der Waals surface area contributed by atoms with Gasteiger partial charge in [-0.1, -0.05) is 56.7 Å². The maximum absolute atomic E-state index is 14.2. The molecular weight excluding hydrogens is 470 g/mol. The van der Waals surface area contributed by atoms with E-state index in [1.54, 1.807) is 19.2 Å². The number of fused-ring (bicyclic) bond motifs is 1. The van der Waals surface area contributed by atoms with Crippen LogP contribution in [0.2, 0.25) is 0 Å². The minimum absolute atomic E-state index is 0.00137. The number of hydrogen-bond acceptors (Lipinski definition) is 5. The number of hydrogen-bond donors (Lipinski definition) is 2. The second-order valence-electron chi connectivity index (χ2n) is 11.3. The molecule has 2 aliphatic carbocycles. The van der Waals surface area contributed by atoms with Gasteiger partial charge in [-0.3, -0.25) is 14.4 Å². The Balaban J connectivity index is 1.31. The number of carbonyl (C=O) groups excluding carboxylic acids is 3. The molecule has 6 rings (SSSR count). The van der Waals surface area contributed by atoms with Crippen molar-refractivity contribution >= 4 is 23.4 Å². The Kier molecular flexibility index (Phi) is 6.47. The Morgan fingerprint density at radius 1 is 1.03 bits per heavy atom. The molecule has 5 atom stereocenters. The first-order valence-electron chi connectivity index (χ1n) is 14.0. The lowest BCUT2D eigenvalue weighted by Gasteiger charge is -2.39. The number of benzene rings is 1. The van der Waals surface area contributed by atoms with Crippen molar-refractivity contribution in [3.8, 4) is 5.75 Å². The molecule has 1 aromatic rings. The molecule has 2 bridgehead atoms. The van der Waals surface area contributed by atoms with Crippen LogP contribution < -0.4 is 15.4 Å². The van der Waals surface area contributed by atoms with Crippen LogP contribution in [0.3, 0.4) is 0 Å². The fraction of sp³-hybridized carbons (Fsp3) is 0.621. The highest BCUT2D eigenvalue weighted by Gasteiger charge is 2.73. The minimum atomic E-state index is -1.10. The van der Waals surface area contributed by atoms with Crippen LogP contribution in [0.4, 0.5) is 5.69 Å². The summed E-state index contributed by atoms with van der Waals surface area (Å²) in [7, 11) is 1.58. The molecule has 3 amide bonds. The summed E-state index contributed by atoms with van der Waals surface area (Å²) in [6.07, 6.45) is 13.6. The number of nitrogens with zero attached hydrogens (tertiary/aromatic N) is 1. The SMILES string of the molecule is COc1cccc(NC(=O)C2[C@@H]3C=CC4(O3)C(C(=O)NC3CCCCC3)N(C3CCCCC3)C(=O)[C@H]24)c1. The summed E-state index contributed by atoms with van der Waals surface area (Å²) >= 11 is 0. The van der Waals surface area contributed by atoms with Crippen LogP contribution in [-0.2, 0) is 19.1 Å². The van der Waals surface area contributed by atoms with E-state index in [1.807, 2.05) is 29.2 Å². The topological polar surface area (TPSA) is 97.0 Å². The zero-order valence-corrected chi connectivity index (χ0v) is 21.5. The van der Waals surface area contributed by atoms with Gasteiger partial charge in [-0.25, -0.2) is 0 Å². The highest BCUT2D eigenvalue weighted by Crippen LogP contribution is 2.56. The van der Waals surface area contributed by atoms with E-state index < -0.39 is 29.6 Å². The quantitative estimate of drug-likeness (QED) is 0.574. The molecule has 0 aromatic heterocycles. The normalized spacial score (nSPS) is 33.4. The van der Waals surface area contributed by atoms with Crippen LogP contribution in [0.5, 0.6) is 5.75 Å². The van der Waals surface area contributed by atoms with Gasteiger partial charge in [0.15, 0.2) is 0 Å². The van der Waals surface area contributed by atoms with Crippen molar-refractivity contribution in [2.45, 2.75) is 94.0 Å². The maximum Gasteiger partial charge on any atom is 0.246 e. The fourth-order valence-corrected chi connectivity index (χ4v) is 7.41. The molecule has 198 valence electrons. The van der Waals surface area contributed by atoms with Crippen molar-refractivity contribution in [2.24, 2.45) is 11.8 Å². The summed E-state index contributed by atoms with van der Waals surface area (Å²) in [6.45, 7) is 0. The molecule has 3 aliphatic heterocycles. The van der Waals surface area contributed by atoms with E-state index in [1.165, 1.54) is 6.42 Å². The Morgan fingerprint density at radius 3 is 2.49 bits per heavy atom. The van der Waals surface area contributed by atoms with Gasteiger partial charge in [-0.2, -0.15) is 0 Å². The molecular formula is C29H37N3O5. The van der Waals surface area contributed by atoms with Gasteiger partial charge in [0.05, 0.1) is 25.0 Å². The number of amides is 3. The van der Waals surface area contributed by atoms with Crippen LogP contribution >= 0.6 is 0 Å². The summed E-state index contributed by atoms with van der Waals surface area (Å²) in [5.41, 5.74) is -0.500. The van der Waals surface area contributed by atoms with Gasteiger partial charge in [0.2, 0.25) is 17.7 Å². The Morgan fingerprint density at radius 2 is 1.76 bits per heavy atom. The van der Waals surface area contributed by atoms with E-state index >= 15 is 0 Å². The number of nitrogens with one attached hydrogen (secondary N) is 2. The molecule has 5 aliphatic rings. The van der Waals surface area contributed by atoms with Crippen molar-refractivity contribution in [1.82, 2.24) is 10.2 Å². The van der Waals surface area contributed by atoms with Gasteiger partial charge >= 0.3 is 0 Å². The summed E-state index contributed by atoms with van der Waals surface area (Å²) in [6, 6.07) is 6.56. The summed E-state index contributed by atoms with van der Waals surface area (Å²) in [4.78, 5) is 43.6. The molecule has 8 nitrogen and oxygen atoms in total. The highest BCUT2D eigenvalue weighted by molar-refractivity contribution is 6.03. The Hall–Kier alpha value is -2.87. The number of carbonyl (C=O) groups is 3. The van der Waals surface area contributed by atoms with Crippen LogP contribution in [0.15, 0.2) is 36.4 Å². The van der Waals surface area contributed by atoms with Gasteiger partial charge < -0.3 is 25.0 Å². The molecule has 3 heterocycles. The van der Waals surface area contributed by atoms with E-state index in [0.717, 1.165) is 57.8 Å². The molecule has 4 fully saturated rings. The second kappa shape index (κ2) is 9.78. The molecule has 2 saturated heterocycles. The average Bonchev–Trinajstić information content (AvgIpc) is 3.57. The monoisotopic (exact) mass is 507 g/mol. The lowest BCUT2D eigenvalue weighted by atomic mass is 9.74. The number of ether oxygens (including phenoxy) is 2. The number of anilines is 1. The number of methoxy groups -OCH3 is 1. The highest BCUT2D eigenvalue weighted by atomic mass is 16.5. The predicted octanol–water partition coefficient (Wildman–Crippen LogP) is 3.57. The third kappa shape index (κ3) is 4.13. The van der Waals surface area contributed by atoms with Crippen molar-refractivity contribution in [2.75, 3.05) is 12.4 Å². The van der Waals surface area contributed by atoms with Gasteiger partial charge in [0.25, 0.3) is 0 Å². The predicted molar refractivity (Wildman–Crippen MR) is 138 cm³/mol. The van der Waals surface area contributed by atoms with Crippen molar-refractivity contribution in [3.05, 3.63) is 36.4 Å². The summed E-state index contributed by atoms with van der Waals surface area (Å²) < 4.78 is 11.8. The molecule has 2 N–H and O–H groups in total. The van der Waals surface area contributed by atoms with Crippen LogP contribution in [0.25, 0.3) is 0 Å². The third-order valence-electron chi connectivity index (χ3n) is 9.12. The van der Waals surface area contributed by atoms with E-state index in [-0.39, 0.29) is 29.8 Å². The Bertz CT molecular complexity index is 1090. The first kappa shape index (κ1) is 24.5. The van der Waals surface area contributed by atoms with Crippen LogP contribution in [-0.4, -0.2) is 59.6 Å². The van der Waals surface area contributed by atoms with E-state index in [4.69, 9.17) is 9.47 Å². The van der Waals surface area contributed by atoms with Gasteiger partial charge in [0.1, 0.15) is 17.4 Å². The second-order valence-corrected chi connectivity index (χ2v) is 11.3. The van der Waals surface area contributed by atoms with Crippen LogP contribution in [0.1, 0.15) is 64.2 Å². The first-order chi connectivity index (χ1) is 18.0. The summed E-state index contributed by atoms with van der Waals surface area (Å²) in [5.74, 6) is -1.28. The maximum atomic E-state index is 14.2. The molecule has 1 spiro atoms. The fourth-order valence-electron chi connectivity index (χ4n) is 7.41. The summed E-state index contributed by atoms with van der Waals surface area (Å²) in [5, 5.41) is 6.25. The molecule has 8 heteroatoms. The molecule has 37 heavy (non-hydrogen) atoms. The molecule has 0 radical (unpaired) electrons. The largest absolute Gasteiger partial charge is 0.497 e. The molecule has 3 unspecified atom stereocenters. The Labute approximate surface area is 218 Å². The lowest BCUT2D eigenvalue weighted by molar-refractivity contribution is -0.144. The molecule has 2 saturated carbocycles. The zero-order chi connectivity index (χ0) is 25.6. The standard InChI is InChI=1S/C29H37N3O5/c1-36-21-14-8-11-19(17-21)31-26(33)23-22-15-16-29(37-22)24(23)28(35)32(20-12-6-3-7-13-20)25(29)27(34)30-18-9-4-2-5-10-18/h8,11,14-18,20,22-25H,2-7,9-10,12-13H2,1H3,(H,30,34)(H,31,33)/t22-,23?,24-,25?,29?/m0/s1. The number of rotatable bonds is 6. The van der Waals surface area contributed by atoms with Gasteiger partial charge in [0, 0.05) is 23.8 Å². The van der Waals surface area contributed by atoms with Crippen LogP contribution in [0, 0.1) is 11.8 Å². The van der Waals surface area contributed by atoms with Crippen molar-refractivity contribution in [3.63, 3.8) is 0 Å². The zero-order valence-electron chi connectivity index (χ0n) is 21.5. The van der Waals surface area contributed by atoms with Crippen molar-refractivity contribution < 1.29 is 23.9 Å². The van der Waals surface area contributed by atoms with Gasteiger partial charge in [-0.15, -0.1) is 0 Å². The average molecular weight is 508 g/mol. The third-order valence-corrected chi connectivity index (χ3v) is 9.12. The van der Waals surface area contributed by atoms with Crippen molar-refractivity contribution in [1.29, 1.82) is 0 Å². The smallest absolute Gasteiger partial charge is 0.246 e. The lowest BCUT2D eigenvalue weighted by Crippen LogP contribution is -2.58.